The molecule has 1 rings (SSSR count). The molecular formula is C13H23NO2S. The van der Waals surface area contributed by atoms with E-state index >= 15 is 0 Å². The van der Waals surface area contributed by atoms with Gasteiger partial charge in [-0.15, -0.1) is 11.3 Å². The molecule has 0 aliphatic rings. The average molecular weight is 257 g/mol. The van der Waals surface area contributed by atoms with Crippen LogP contribution in [0.15, 0.2) is 12.1 Å². The van der Waals surface area contributed by atoms with E-state index in [1.165, 1.54) is 16.2 Å². The monoisotopic (exact) mass is 257 g/mol. The van der Waals surface area contributed by atoms with Crippen LogP contribution in [0, 0.1) is 6.92 Å². The van der Waals surface area contributed by atoms with Crippen molar-refractivity contribution in [3.63, 3.8) is 0 Å². The Kier molecular flexibility index (Phi) is 7.44. The maximum atomic E-state index is 5.73. The van der Waals surface area contributed by atoms with Crippen molar-refractivity contribution in [3.8, 4) is 0 Å². The van der Waals surface area contributed by atoms with Crippen molar-refractivity contribution in [1.29, 1.82) is 0 Å². The van der Waals surface area contributed by atoms with Crippen LogP contribution in [0.4, 0.5) is 0 Å². The summed E-state index contributed by atoms with van der Waals surface area (Å²) in [5.74, 6) is 0. The van der Waals surface area contributed by atoms with Gasteiger partial charge in [-0.2, -0.15) is 0 Å². The van der Waals surface area contributed by atoms with Crippen LogP contribution < -0.4 is 5.73 Å². The van der Waals surface area contributed by atoms with Crippen molar-refractivity contribution in [3.05, 3.63) is 21.9 Å². The minimum absolute atomic E-state index is 0.0171. The molecule has 0 aliphatic carbocycles. The molecule has 1 heterocycles. The molecule has 0 bridgehead atoms. The van der Waals surface area contributed by atoms with Gasteiger partial charge in [0.2, 0.25) is 0 Å². The zero-order valence-electron chi connectivity index (χ0n) is 10.8. The fraction of sp³-hybridized carbons (Fsp3) is 0.692. The van der Waals surface area contributed by atoms with Gasteiger partial charge in [0.15, 0.2) is 0 Å². The predicted molar refractivity (Wildman–Crippen MR) is 72.5 cm³/mol. The van der Waals surface area contributed by atoms with Gasteiger partial charge in [0.25, 0.3) is 0 Å². The van der Waals surface area contributed by atoms with E-state index in [9.17, 15) is 0 Å². The SMILES string of the molecule is CCCCOCCOC(CN)c1ccc(C)s1. The van der Waals surface area contributed by atoms with E-state index in [0.717, 1.165) is 13.0 Å². The first-order valence-corrected chi connectivity index (χ1v) is 7.05. The van der Waals surface area contributed by atoms with Gasteiger partial charge < -0.3 is 15.2 Å². The Balaban J connectivity index is 2.19. The lowest BCUT2D eigenvalue weighted by atomic mass is 10.3. The number of unbranched alkanes of at least 4 members (excludes halogenated alkanes) is 1. The largest absolute Gasteiger partial charge is 0.379 e. The van der Waals surface area contributed by atoms with Gasteiger partial charge in [-0.3, -0.25) is 0 Å². The lowest BCUT2D eigenvalue weighted by Gasteiger charge is -2.14. The van der Waals surface area contributed by atoms with Gasteiger partial charge in [0, 0.05) is 22.9 Å². The second kappa shape index (κ2) is 8.64. The predicted octanol–water partition coefficient (Wildman–Crippen LogP) is 2.89. The van der Waals surface area contributed by atoms with Crippen LogP contribution in [-0.4, -0.2) is 26.4 Å². The van der Waals surface area contributed by atoms with Crippen LogP contribution in [0.2, 0.25) is 0 Å². The fourth-order valence-corrected chi connectivity index (χ4v) is 2.43. The Morgan fingerprint density at radius 2 is 2.12 bits per heavy atom. The molecule has 0 spiro atoms. The van der Waals surface area contributed by atoms with Crippen molar-refractivity contribution in [2.75, 3.05) is 26.4 Å². The Morgan fingerprint density at radius 1 is 1.29 bits per heavy atom. The summed E-state index contributed by atoms with van der Waals surface area (Å²) in [6.45, 7) is 6.86. The molecule has 0 aromatic carbocycles. The molecule has 3 nitrogen and oxygen atoms in total. The molecule has 4 heteroatoms. The highest BCUT2D eigenvalue weighted by Gasteiger charge is 2.11. The highest BCUT2D eigenvalue weighted by Crippen LogP contribution is 2.24. The summed E-state index contributed by atoms with van der Waals surface area (Å²) in [4.78, 5) is 2.50. The fourth-order valence-electron chi connectivity index (χ4n) is 1.49. The summed E-state index contributed by atoms with van der Waals surface area (Å²) in [6, 6.07) is 4.19. The van der Waals surface area contributed by atoms with Crippen molar-refractivity contribution in [2.45, 2.75) is 32.8 Å². The van der Waals surface area contributed by atoms with Crippen molar-refractivity contribution < 1.29 is 9.47 Å². The Morgan fingerprint density at radius 3 is 2.71 bits per heavy atom. The molecule has 17 heavy (non-hydrogen) atoms. The molecule has 0 radical (unpaired) electrons. The van der Waals surface area contributed by atoms with E-state index in [1.807, 2.05) is 0 Å². The number of thiophene rings is 1. The minimum atomic E-state index is 0.0171. The third-order valence-corrected chi connectivity index (χ3v) is 3.57. The highest BCUT2D eigenvalue weighted by atomic mass is 32.1. The Labute approximate surface area is 108 Å². The van der Waals surface area contributed by atoms with Crippen LogP contribution in [-0.2, 0) is 9.47 Å². The molecule has 2 N–H and O–H groups in total. The van der Waals surface area contributed by atoms with E-state index in [0.29, 0.717) is 19.8 Å². The molecule has 0 saturated carbocycles. The van der Waals surface area contributed by atoms with E-state index in [4.69, 9.17) is 15.2 Å². The van der Waals surface area contributed by atoms with Crippen LogP contribution >= 0.6 is 11.3 Å². The van der Waals surface area contributed by atoms with Crippen molar-refractivity contribution in [2.24, 2.45) is 5.73 Å². The molecule has 0 saturated heterocycles. The molecule has 1 atom stereocenters. The quantitative estimate of drug-likeness (QED) is 0.692. The topological polar surface area (TPSA) is 44.5 Å². The van der Waals surface area contributed by atoms with Gasteiger partial charge in [0.1, 0.15) is 6.10 Å². The first-order chi connectivity index (χ1) is 8.27. The standard InChI is InChI=1S/C13H23NO2S/c1-3-4-7-15-8-9-16-12(10-14)13-6-5-11(2)17-13/h5-6,12H,3-4,7-10,14H2,1-2H3. The molecule has 1 aromatic heterocycles. The first kappa shape index (κ1) is 14.6. The van der Waals surface area contributed by atoms with E-state index < -0.39 is 0 Å². The van der Waals surface area contributed by atoms with Crippen LogP contribution in [0.1, 0.15) is 35.6 Å². The number of nitrogens with two attached hydrogens (primary N) is 1. The minimum Gasteiger partial charge on any atom is -0.379 e. The second-order valence-electron chi connectivity index (χ2n) is 4.01. The number of aryl methyl sites for hydroxylation is 1. The molecule has 0 aliphatic heterocycles. The number of hydrogen-bond acceptors (Lipinski definition) is 4. The van der Waals surface area contributed by atoms with E-state index in [2.05, 4.69) is 26.0 Å². The lowest BCUT2D eigenvalue weighted by molar-refractivity contribution is 0.00835. The lowest BCUT2D eigenvalue weighted by Crippen LogP contribution is -2.17. The van der Waals surface area contributed by atoms with Crippen LogP contribution in [0.5, 0.6) is 0 Å². The smallest absolute Gasteiger partial charge is 0.104 e. The summed E-state index contributed by atoms with van der Waals surface area (Å²) >= 11 is 1.75. The highest BCUT2D eigenvalue weighted by molar-refractivity contribution is 7.12. The Bertz CT molecular complexity index is 301. The summed E-state index contributed by atoms with van der Waals surface area (Å²) in [7, 11) is 0. The Hall–Kier alpha value is -0.420. The van der Waals surface area contributed by atoms with Crippen LogP contribution in [0.3, 0.4) is 0 Å². The van der Waals surface area contributed by atoms with Crippen molar-refractivity contribution in [1.82, 2.24) is 0 Å². The van der Waals surface area contributed by atoms with Crippen molar-refractivity contribution >= 4 is 11.3 Å². The van der Waals surface area contributed by atoms with E-state index in [-0.39, 0.29) is 6.10 Å². The third kappa shape index (κ3) is 5.64. The summed E-state index contributed by atoms with van der Waals surface area (Å²) in [6.07, 6.45) is 2.30. The van der Waals surface area contributed by atoms with Gasteiger partial charge >= 0.3 is 0 Å². The molecule has 0 fully saturated rings. The zero-order chi connectivity index (χ0) is 12.5. The van der Waals surface area contributed by atoms with E-state index in [1.54, 1.807) is 11.3 Å². The average Bonchev–Trinajstić information content (AvgIpc) is 2.75. The maximum absolute atomic E-state index is 5.73. The van der Waals surface area contributed by atoms with Gasteiger partial charge in [-0.05, 0) is 25.5 Å². The molecule has 98 valence electrons. The molecule has 1 unspecified atom stereocenters. The normalized spacial score (nSPS) is 12.9. The molecule has 0 amide bonds. The van der Waals surface area contributed by atoms with Gasteiger partial charge in [-0.25, -0.2) is 0 Å². The molecule has 1 aromatic rings. The maximum Gasteiger partial charge on any atom is 0.104 e. The van der Waals surface area contributed by atoms with Gasteiger partial charge in [0.05, 0.1) is 13.2 Å². The van der Waals surface area contributed by atoms with Gasteiger partial charge in [-0.1, -0.05) is 13.3 Å². The second-order valence-corrected chi connectivity index (χ2v) is 5.33. The number of rotatable bonds is 9. The first-order valence-electron chi connectivity index (χ1n) is 6.23. The van der Waals surface area contributed by atoms with Crippen LogP contribution in [0.25, 0.3) is 0 Å². The summed E-state index contributed by atoms with van der Waals surface area (Å²) in [5.41, 5.74) is 5.72. The number of hydrogen-bond donors (Lipinski definition) is 1. The number of ether oxygens (including phenoxy) is 2. The zero-order valence-corrected chi connectivity index (χ0v) is 11.6. The summed E-state index contributed by atoms with van der Waals surface area (Å²) in [5, 5.41) is 0. The molecular weight excluding hydrogens is 234 g/mol. The summed E-state index contributed by atoms with van der Waals surface area (Å²) < 4.78 is 11.2. The third-order valence-electron chi connectivity index (χ3n) is 2.48.